The molecule has 0 aliphatic rings. The topological polar surface area (TPSA) is 152 Å². The van der Waals surface area contributed by atoms with E-state index in [0.29, 0.717) is 0 Å². The smallest absolute Gasteiger partial charge is 0.323 e. The molecule has 0 saturated carbocycles. The molecule has 0 amide bonds. The van der Waals surface area contributed by atoms with Crippen LogP contribution in [0.5, 0.6) is 0 Å². The Morgan fingerprint density at radius 1 is 1.12 bits per heavy atom. The number of hydrogen-bond donors (Lipinski definition) is 6. The van der Waals surface area contributed by atoms with Gasteiger partial charge < -0.3 is 25.0 Å². The molecule has 0 unspecified atom stereocenters. The third-order valence-electron chi connectivity index (χ3n) is 1.63. The lowest BCUT2D eigenvalue weighted by Gasteiger charge is -2.21. The third-order valence-corrected chi connectivity index (χ3v) is 4.97. The van der Waals surface area contributed by atoms with Crippen LogP contribution in [0.15, 0.2) is 24.4 Å². The summed E-state index contributed by atoms with van der Waals surface area (Å²) in [5.74, 6) is 0.166. The summed E-state index contributed by atoms with van der Waals surface area (Å²) >= 11 is 0. The fraction of sp³-hybridized carbons (Fsp3) is 0.167. The first-order valence-electron chi connectivity index (χ1n) is 4.24. The van der Waals surface area contributed by atoms with Gasteiger partial charge in [0.15, 0.2) is 0 Å². The van der Waals surface area contributed by atoms with Crippen LogP contribution in [0.25, 0.3) is 0 Å². The van der Waals surface area contributed by atoms with E-state index < -0.39 is 20.7 Å². The Bertz CT molecular complexity index is 434. The second kappa shape index (κ2) is 5.24. The highest BCUT2D eigenvalue weighted by Gasteiger charge is 2.43. The van der Waals surface area contributed by atoms with Crippen molar-refractivity contribution in [2.24, 2.45) is 0 Å². The summed E-state index contributed by atoms with van der Waals surface area (Å²) in [6.07, 6.45) is 1.40. The summed E-state index contributed by atoms with van der Waals surface area (Å²) in [5, 5.41) is 0. The highest BCUT2D eigenvalue weighted by molar-refractivity contribution is 7.70. The van der Waals surface area contributed by atoms with Crippen LogP contribution in [0.2, 0.25) is 0 Å². The number of anilines is 1. The highest BCUT2D eigenvalue weighted by Crippen LogP contribution is 2.58. The van der Waals surface area contributed by atoms with E-state index in [-0.39, 0.29) is 5.82 Å². The molecule has 1 aromatic heterocycles. The van der Waals surface area contributed by atoms with E-state index in [1.54, 1.807) is 12.1 Å². The van der Waals surface area contributed by atoms with Crippen molar-refractivity contribution in [3.05, 3.63) is 24.4 Å². The van der Waals surface area contributed by atoms with Crippen molar-refractivity contribution in [2.45, 2.75) is 5.52 Å². The van der Waals surface area contributed by atoms with Crippen molar-refractivity contribution in [1.82, 2.24) is 10.4 Å². The molecule has 0 spiro atoms. The van der Waals surface area contributed by atoms with Gasteiger partial charge in [-0.1, -0.05) is 6.07 Å². The minimum absolute atomic E-state index is 0.166. The van der Waals surface area contributed by atoms with Crippen LogP contribution < -0.4 is 10.9 Å². The first-order valence-corrected chi connectivity index (χ1v) is 7.60. The molecule has 6 N–H and O–H groups in total. The lowest BCUT2D eigenvalue weighted by atomic mass is 10.5. The molecule has 0 atom stereocenters. The molecule has 11 heteroatoms. The van der Waals surface area contributed by atoms with Crippen molar-refractivity contribution in [3.63, 3.8) is 0 Å². The Kier molecular flexibility index (Phi) is 4.40. The van der Waals surface area contributed by atoms with Gasteiger partial charge in [-0.05, 0) is 12.1 Å². The summed E-state index contributed by atoms with van der Waals surface area (Å²) in [7, 11) is -10.00. The van der Waals surface area contributed by atoms with E-state index in [1.807, 2.05) is 5.43 Å². The van der Waals surface area contributed by atoms with Gasteiger partial charge in [0, 0.05) is 6.20 Å². The van der Waals surface area contributed by atoms with Gasteiger partial charge in [-0.15, -0.1) is 0 Å². The third kappa shape index (κ3) is 4.53. The molecule has 0 aliphatic carbocycles. The van der Waals surface area contributed by atoms with Crippen LogP contribution >= 0.6 is 15.2 Å². The van der Waals surface area contributed by atoms with E-state index in [0.717, 1.165) is 0 Å². The number of nitrogens with one attached hydrogen (secondary N) is 2. The molecule has 1 heterocycles. The largest absolute Gasteiger partial charge is 0.356 e. The van der Waals surface area contributed by atoms with E-state index in [9.17, 15) is 9.13 Å². The van der Waals surface area contributed by atoms with Crippen molar-refractivity contribution >= 4 is 21.0 Å². The molecule has 0 radical (unpaired) electrons. The van der Waals surface area contributed by atoms with E-state index in [2.05, 4.69) is 10.4 Å². The van der Waals surface area contributed by atoms with Gasteiger partial charge in [-0.3, -0.25) is 9.13 Å². The highest BCUT2D eigenvalue weighted by atomic mass is 31.2. The quantitative estimate of drug-likeness (QED) is 0.314. The van der Waals surface area contributed by atoms with Crippen molar-refractivity contribution in [3.8, 4) is 0 Å². The monoisotopic (exact) mass is 283 g/mol. The van der Waals surface area contributed by atoms with Crippen LogP contribution in [0.1, 0.15) is 0 Å². The average Bonchev–Trinajstić information content (AvgIpc) is 2.15. The predicted octanol–water partition coefficient (Wildman–Crippen LogP) is -0.363. The molecule has 0 fully saturated rings. The molecule has 9 nitrogen and oxygen atoms in total. The molecular weight excluding hydrogens is 272 g/mol. The SMILES string of the molecule is O=P(O)(O)C(NNc1ccccn1)P(=O)(O)O. The maximum Gasteiger partial charge on any atom is 0.356 e. The predicted molar refractivity (Wildman–Crippen MR) is 58.9 cm³/mol. The first-order chi connectivity index (χ1) is 7.71. The lowest BCUT2D eigenvalue weighted by molar-refractivity contribution is 0.331. The lowest BCUT2D eigenvalue weighted by Crippen LogP contribution is -2.34. The molecular formula is C6H11N3O6P2. The Morgan fingerprint density at radius 2 is 1.71 bits per heavy atom. The van der Waals surface area contributed by atoms with Gasteiger partial charge in [-0.2, -0.15) is 0 Å². The van der Waals surface area contributed by atoms with Gasteiger partial charge in [0.25, 0.3) is 0 Å². The minimum atomic E-state index is -5.00. The molecule has 0 aliphatic heterocycles. The molecule has 0 bridgehead atoms. The fourth-order valence-electron chi connectivity index (χ4n) is 0.939. The summed E-state index contributed by atoms with van der Waals surface area (Å²) in [5.41, 5.74) is 1.77. The van der Waals surface area contributed by atoms with Crippen molar-refractivity contribution in [1.29, 1.82) is 0 Å². The zero-order valence-electron chi connectivity index (χ0n) is 8.33. The van der Waals surface area contributed by atoms with E-state index in [1.165, 1.54) is 12.3 Å². The summed E-state index contributed by atoms with van der Waals surface area (Å²) in [6, 6.07) is 4.64. The standard InChI is InChI=1S/C6H11N3O6P2/c10-16(11,12)6(17(13,14)15)9-8-5-3-1-2-4-7-5/h1-4,6,9H,(H,7,8)(H2,10,11,12)(H2,13,14,15). The number of nitrogens with zero attached hydrogens (tertiary/aromatic N) is 1. The summed E-state index contributed by atoms with van der Waals surface area (Å²) in [4.78, 5) is 38.9. The maximum atomic E-state index is 10.9. The number of hydrogen-bond acceptors (Lipinski definition) is 5. The van der Waals surface area contributed by atoms with Crippen LogP contribution in [0, 0.1) is 0 Å². The summed E-state index contributed by atoms with van der Waals surface area (Å²) in [6.45, 7) is 0. The molecule has 17 heavy (non-hydrogen) atoms. The second-order valence-corrected chi connectivity index (χ2v) is 6.83. The van der Waals surface area contributed by atoms with Crippen LogP contribution in [-0.4, -0.2) is 30.1 Å². The normalized spacial score (nSPS) is 12.8. The summed E-state index contributed by atoms with van der Waals surface area (Å²) < 4.78 is 21.8. The minimum Gasteiger partial charge on any atom is -0.323 e. The van der Waals surface area contributed by atoms with Gasteiger partial charge >= 0.3 is 15.2 Å². The number of hydrazine groups is 1. The van der Waals surface area contributed by atoms with Crippen LogP contribution in [0.4, 0.5) is 5.82 Å². The Labute approximate surface area is 96.2 Å². The number of aromatic nitrogens is 1. The van der Waals surface area contributed by atoms with Crippen LogP contribution in [0.3, 0.4) is 0 Å². The molecule has 1 rings (SSSR count). The van der Waals surface area contributed by atoms with E-state index in [4.69, 9.17) is 19.6 Å². The zero-order chi connectivity index (χ0) is 13.1. The first kappa shape index (κ1) is 14.3. The zero-order valence-corrected chi connectivity index (χ0v) is 10.1. The van der Waals surface area contributed by atoms with Gasteiger partial charge in [0.05, 0.1) is 0 Å². The Morgan fingerprint density at radius 3 is 2.12 bits per heavy atom. The molecule has 96 valence electrons. The Balaban J connectivity index is 2.77. The maximum absolute atomic E-state index is 10.9. The van der Waals surface area contributed by atoms with Gasteiger partial charge in [0.2, 0.25) is 5.52 Å². The Hall–Kier alpha value is -0.790. The van der Waals surface area contributed by atoms with E-state index >= 15 is 0 Å². The fourth-order valence-corrected chi connectivity index (χ4v) is 2.97. The van der Waals surface area contributed by atoms with Gasteiger partial charge in [0.1, 0.15) is 5.82 Å². The molecule has 0 aromatic carbocycles. The van der Waals surface area contributed by atoms with Gasteiger partial charge in [-0.25, -0.2) is 10.4 Å². The van der Waals surface area contributed by atoms with Crippen molar-refractivity contribution < 1.29 is 28.7 Å². The second-order valence-electron chi connectivity index (χ2n) is 3.04. The van der Waals surface area contributed by atoms with Crippen molar-refractivity contribution in [2.75, 3.05) is 5.43 Å². The molecule has 0 saturated heterocycles. The molecule has 1 aromatic rings. The van der Waals surface area contributed by atoms with Crippen LogP contribution in [-0.2, 0) is 9.13 Å². The number of rotatable bonds is 5. The average molecular weight is 283 g/mol. The number of pyridine rings is 1.